The predicted octanol–water partition coefficient (Wildman–Crippen LogP) is 3.00. The fraction of sp³-hybridized carbons (Fsp3) is 0.857. The Bertz CT molecular complexity index is 265. The molecule has 4 atom stereocenters. The minimum absolute atomic E-state index is 0.315. The molecule has 0 saturated heterocycles. The van der Waals surface area contributed by atoms with Crippen LogP contribution >= 0.6 is 0 Å². The smallest absolute Gasteiger partial charge is 0.132 e. The van der Waals surface area contributed by atoms with E-state index in [2.05, 4.69) is 0 Å². The van der Waals surface area contributed by atoms with Gasteiger partial charge in [0.25, 0.3) is 0 Å². The Morgan fingerprint density at radius 2 is 1.12 bits per heavy atom. The molecular formula is C14H22O2. The van der Waals surface area contributed by atoms with Gasteiger partial charge in [0.15, 0.2) is 0 Å². The van der Waals surface area contributed by atoms with E-state index in [-0.39, 0.29) is 0 Å². The second-order valence-electron chi connectivity index (χ2n) is 5.76. The molecule has 0 aromatic rings. The summed E-state index contributed by atoms with van der Waals surface area (Å²) in [5, 5.41) is 0. The predicted molar refractivity (Wildman–Crippen MR) is 63.0 cm³/mol. The van der Waals surface area contributed by atoms with E-state index in [4.69, 9.17) is 0 Å². The van der Waals surface area contributed by atoms with Crippen LogP contribution in [-0.4, -0.2) is 11.6 Å². The fourth-order valence-corrected chi connectivity index (χ4v) is 3.63. The Hall–Kier alpha value is -0.660. The van der Waals surface area contributed by atoms with E-state index in [0.29, 0.717) is 23.4 Å². The zero-order chi connectivity index (χ0) is 11.7. The lowest BCUT2D eigenvalue weighted by molar-refractivity contribution is -0.126. The van der Waals surface area contributed by atoms with Gasteiger partial charge in [0.1, 0.15) is 11.6 Å². The summed E-state index contributed by atoms with van der Waals surface area (Å²) in [6.07, 6.45) is 6.62. The lowest BCUT2D eigenvalue weighted by atomic mass is 9.64. The number of Topliss-reactive ketones (excluding diaryl/α,β-unsaturated/α-hetero) is 2. The van der Waals surface area contributed by atoms with Gasteiger partial charge < -0.3 is 0 Å². The summed E-state index contributed by atoms with van der Waals surface area (Å²) >= 11 is 0. The van der Waals surface area contributed by atoms with E-state index in [0.717, 1.165) is 37.5 Å². The molecule has 2 nitrogen and oxygen atoms in total. The van der Waals surface area contributed by atoms with Crippen molar-refractivity contribution in [3.05, 3.63) is 0 Å². The first kappa shape index (κ1) is 11.8. The van der Waals surface area contributed by atoms with Crippen LogP contribution in [0.25, 0.3) is 0 Å². The van der Waals surface area contributed by atoms with Crippen molar-refractivity contribution in [3.63, 3.8) is 0 Å². The summed E-state index contributed by atoms with van der Waals surface area (Å²) in [5.41, 5.74) is 0. The maximum atomic E-state index is 11.4. The first-order valence-corrected chi connectivity index (χ1v) is 6.58. The van der Waals surface area contributed by atoms with Gasteiger partial charge in [0.2, 0.25) is 0 Å². The van der Waals surface area contributed by atoms with E-state index in [9.17, 15) is 9.59 Å². The van der Waals surface area contributed by atoms with Gasteiger partial charge in [0.05, 0.1) is 0 Å². The Morgan fingerprint density at radius 3 is 1.44 bits per heavy atom. The monoisotopic (exact) mass is 222 g/mol. The van der Waals surface area contributed by atoms with Crippen LogP contribution < -0.4 is 0 Å². The highest BCUT2D eigenvalue weighted by Gasteiger charge is 2.37. The maximum Gasteiger partial charge on any atom is 0.132 e. The Kier molecular flexibility index (Phi) is 3.46. The van der Waals surface area contributed by atoms with Gasteiger partial charge in [-0.3, -0.25) is 9.59 Å². The lowest BCUT2D eigenvalue weighted by Gasteiger charge is -2.41. The first-order valence-electron chi connectivity index (χ1n) is 6.58. The molecule has 2 fully saturated rings. The fourth-order valence-electron chi connectivity index (χ4n) is 3.63. The van der Waals surface area contributed by atoms with Gasteiger partial charge in [-0.25, -0.2) is 0 Å². The van der Waals surface area contributed by atoms with Crippen molar-refractivity contribution in [2.75, 3.05) is 0 Å². The van der Waals surface area contributed by atoms with Crippen LogP contribution in [0.15, 0.2) is 0 Å². The third kappa shape index (κ3) is 2.36. The van der Waals surface area contributed by atoms with E-state index in [1.807, 2.05) is 0 Å². The number of carbonyl (C=O) groups excluding carboxylic acids is 2. The van der Waals surface area contributed by atoms with E-state index in [1.54, 1.807) is 13.8 Å². The first-order chi connectivity index (χ1) is 7.58. The van der Waals surface area contributed by atoms with Gasteiger partial charge in [-0.15, -0.1) is 0 Å². The van der Waals surface area contributed by atoms with Crippen molar-refractivity contribution in [1.82, 2.24) is 0 Å². The molecule has 2 saturated carbocycles. The molecule has 2 heteroatoms. The molecule has 0 spiro atoms. The maximum absolute atomic E-state index is 11.4. The number of ketones is 2. The number of rotatable bonds is 2. The van der Waals surface area contributed by atoms with Gasteiger partial charge in [-0.1, -0.05) is 0 Å². The van der Waals surface area contributed by atoms with Crippen LogP contribution in [0, 0.1) is 23.7 Å². The molecule has 0 heterocycles. The third-order valence-electron chi connectivity index (χ3n) is 4.76. The molecular weight excluding hydrogens is 200 g/mol. The molecule has 2 aliphatic carbocycles. The highest BCUT2D eigenvalue weighted by atomic mass is 16.1. The number of hydrogen-bond acceptors (Lipinski definition) is 2. The Labute approximate surface area is 97.8 Å². The largest absolute Gasteiger partial charge is 0.300 e. The molecule has 0 amide bonds. The molecule has 2 rings (SSSR count). The van der Waals surface area contributed by atoms with E-state index in [1.165, 1.54) is 12.8 Å². The lowest BCUT2D eigenvalue weighted by Crippen LogP contribution is -2.34. The highest BCUT2D eigenvalue weighted by Crippen LogP contribution is 2.44. The molecule has 90 valence electrons. The minimum Gasteiger partial charge on any atom is -0.300 e. The van der Waals surface area contributed by atoms with Crippen molar-refractivity contribution in [1.29, 1.82) is 0 Å². The average molecular weight is 222 g/mol. The third-order valence-corrected chi connectivity index (χ3v) is 4.76. The zero-order valence-corrected chi connectivity index (χ0v) is 10.4. The van der Waals surface area contributed by atoms with Crippen molar-refractivity contribution in [3.8, 4) is 0 Å². The molecule has 0 aliphatic heterocycles. The van der Waals surface area contributed by atoms with Crippen LogP contribution in [0.3, 0.4) is 0 Å². The van der Waals surface area contributed by atoms with Gasteiger partial charge in [-0.2, -0.15) is 0 Å². The summed E-state index contributed by atoms with van der Waals surface area (Å²) < 4.78 is 0. The second-order valence-corrected chi connectivity index (χ2v) is 5.76. The average Bonchev–Trinajstić information content (AvgIpc) is 2.27. The quantitative estimate of drug-likeness (QED) is 0.719. The van der Waals surface area contributed by atoms with Crippen LogP contribution in [0.2, 0.25) is 0 Å². The zero-order valence-electron chi connectivity index (χ0n) is 10.4. The molecule has 0 aromatic heterocycles. The summed E-state index contributed by atoms with van der Waals surface area (Å²) in [6.45, 7) is 3.46. The summed E-state index contributed by atoms with van der Waals surface area (Å²) in [4.78, 5) is 22.8. The van der Waals surface area contributed by atoms with Crippen molar-refractivity contribution >= 4 is 11.6 Å². The SMILES string of the molecule is CC(=O)C1CCC2CC(C(C)=O)CCC2C1. The van der Waals surface area contributed by atoms with Crippen molar-refractivity contribution < 1.29 is 9.59 Å². The van der Waals surface area contributed by atoms with Gasteiger partial charge >= 0.3 is 0 Å². The Morgan fingerprint density at radius 1 is 0.750 bits per heavy atom. The van der Waals surface area contributed by atoms with Crippen LogP contribution in [-0.2, 0) is 9.59 Å². The normalized spacial score (nSPS) is 38.9. The molecule has 16 heavy (non-hydrogen) atoms. The highest BCUT2D eigenvalue weighted by molar-refractivity contribution is 5.79. The summed E-state index contributed by atoms with van der Waals surface area (Å²) in [5.74, 6) is 2.81. The number of hydrogen-bond donors (Lipinski definition) is 0. The van der Waals surface area contributed by atoms with Crippen LogP contribution in [0.5, 0.6) is 0 Å². The topological polar surface area (TPSA) is 34.1 Å². The van der Waals surface area contributed by atoms with Gasteiger partial charge in [0, 0.05) is 11.8 Å². The van der Waals surface area contributed by atoms with Crippen molar-refractivity contribution in [2.45, 2.75) is 52.4 Å². The van der Waals surface area contributed by atoms with Crippen LogP contribution in [0.4, 0.5) is 0 Å². The molecule has 2 aliphatic rings. The number of carbonyl (C=O) groups is 2. The molecule has 4 unspecified atom stereocenters. The molecule has 0 N–H and O–H groups in total. The Balaban J connectivity index is 1.95. The minimum atomic E-state index is 0.315. The van der Waals surface area contributed by atoms with Crippen molar-refractivity contribution in [2.24, 2.45) is 23.7 Å². The summed E-state index contributed by atoms with van der Waals surface area (Å²) in [6, 6.07) is 0. The van der Waals surface area contributed by atoms with E-state index >= 15 is 0 Å². The van der Waals surface area contributed by atoms with Gasteiger partial charge in [-0.05, 0) is 64.2 Å². The standard InChI is InChI=1S/C14H22O2/c1-9(15)11-3-5-14-8-12(10(2)16)4-6-13(14)7-11/h11-14H,3-8H2,1-2H3. The second kappa shape index (κ2) is 4.68. The van der Waals surface area contributed by atoms with E-state index < -0.39 is 0 Å². The molecule has 0 radical (unpaired) electrons. The number of fused-ring (bicyclic) bond motifs is 1. The molecule has 0 aromatic carbocycles. The summed E-state index contributed by atoms with van der Waals surface area (Å²) in [7, 11) is 0. The molecule has 0 bridgehead atoms. The van der Waals surface area contributed by atoms with Crippen LogP contribution in [0.1, 0.15) is 52.4 Å².